The first-order valence-electron chi connectivity index (χ1n) is 5.35. The molecule has 0 N–H and O–H groups in total. The molecule has 0 radical (unpaired) electrons. The van der Waals surface area contributed by atoms with Crippen molar-refractivity contribution >= 4 is 17.3 Å². The van der Waals surface area contributed by atoms with Gasteiger partial charge in [0.1, 0.15) is 10.8 Å². The van der Waals surface area contributed by atoms with Crippen LogP contribution in [0.15, 0.2) is 18.2 Å². The number of thiazole rings is 1. The van der Waals surface area contributed by atoms with E-state index in [0.717, 1.165) is 10.4 Å². The first kappa shape index (κ1) is 12.7. The standard InChI is InChI=1S/C13H12FNO2S/c1-7-6-9(4-5-10(7)14)12-15-11(8(2)18-12)13(16)17-3/h4-6H,1-3H3. The van der Waals surface area contributed by atoms with Gasteiger partial charge in [-0.25, -0.2) is 14.2 Å². The lowest BCUT2D eigenvalue weighted by atomic mass is 10.1. The third-order valence-corrected chi connectivity index (χ3v) is 3.60. The van der Waals surface area contributed by atoms with Crippen LogP contribution in [0.5, 0.6) is 0 Å². The molecule has 94 valence electrons. The quantitative estimate of drug-likeness (QED) is 0.782. The monoisotopic (exact) mass is 265 g/mol. The Morgan fingerprint density at radius 2 is 2.11 bits per heavy atom. The molecule has 2 rings (SSSR count). The van der Waals surface area contributed by atoms with Gasteiger partial charge < -0.3 is 4.74 Å². The van der Waals surface area contributed by atoms with Crippen LogP contribution in [0.2, 0.25) is 0 Å². The van der Waals surface area contributed by atoms with Crippen molar-refractivity contribution in [2.75, 3.05) is 7.11 Å². The van der Waals surface area contributed by atoms with E-state index in [4.69, 9.17) is 0 Å². The summed E-state index contributed by atoms with van der Waals surface area (Å²) in [6, 6.07) is 4.77. The number of ether oxygens (including phenoxy) is 1. The summed E-state index contributed by atoms with van der Waals surface area (Å²) < 4.78 is 17.8. The molecule has 0 aliphatic carbocycles. The van der Waals surface area contributed by atoms with Crippen molar-refractivity contribution in [1.29, 1.82) is 0 Å². The number of aryl methyl sites for hydroxylation is 2. The molecule has 18 heavy (non-hydrogen) atoms. The van der Waals surface area contributed by atoms with Gasteiger partial charge in [-0.2, -0.15) is 0 Å². The van der Waals surface area contributed by atoms with Gasteiger partial charge in [0.15, 0.2) is 5.69 Å². The van der Waals surface area contributed by atoms with Crippen molar-refractivity contribution in [2.24, 2.45) is 0 Å². The molecule has 0 saturated carbocycles. The second-order valence-corrected chi connectivity index (χ2v) is 5.08. The summed E-state index contributed by atoms with van der Waals surface area (Å²) in [6.45, 7) is 3.50. The molecule has 0 unspecified atom stereocenters. The van der Waals surface area contributed by atoms with Gasteiger partial charge in [0.05, 0.1) is 7.11 Å². The number of carbonyl (C=O) groups is 1. The molecule has 0 spiro atoms. The molecule has 1 heterocycles. The van der Waals surface area contributed by atoms with Crippen LogP contribution in [-0.4, -0.2) is 18.1 Å². The number of aromatic nitrogens is 1. The molecule has 0 atom stereocenters. The maximum atomic E-state index is 13.2. The normalized spacial score (nSPS) is 10.4. The van der Waals surface area contributed by atoms with Crippen molar-refractivity contribution < 1.29 is 13.9 Å². The van der Waals surface area contributed by atoms with Gasteiger partial charge in [-0.15, -0.1) is 11.3 Å². The fourth-order valence-electron chi connectivity index (χ4n) is 1.58. The highest BCUT2D eigenvalue weighted by atomic mass is 32.1. The lowest BCUT2D eigenvalue weighted by Gasteiger charge is -1.99. The minimum Gasteiger partial charge on any atom is -0.464 e. The maximum absolute atomic E-state index is 13.2. The van der Waals surface area contributed by atoms with Crippen LogP contribution in [0.1, 0.15) is 20.9 Å². The van der Waals surface area contributed by atoms with Crippen molar-refractivity contribution in [3.63, 3.8) is 0 Å². The van der Waals surface area contributed by atoms with E-state index in [0.29, 0.717) is 16.3 Å². The molecular formula is C13H12FNO2S. The van der Waals surface area contributed by atoms with Gasteiger partial charge in [-0.3, -0.25) is 0 Å². The van der Waals surface area contributed by atoms with Crippen LogP contribution >= 0.6 is 11.3 Å². The van der Waals surface area contributed by atoms with Crippen LogP contribution in [-0.2, 0) is 4.74 Å². The average molecular weight is 265 g/mol. The molecule has 5 heteroatoms. The number of halogens is 1. The third kappa shape index (κ3) is 2.26. The topological polar surface area (TPSA) is 39.2 Å². The van der Waals surface area contributed by atoms with Gasteiger partial charge in [-0.05, 0) is 37.6 Å². The number of esters is 1. The number of carbonyl (C=O) groups excluding carboxylic acids is 1. The van der Waals surface area contributed by atoms with Crippen molar-refractivity contribution in [2.45, 2.75) is 13.8 Å². The summed E-state index contributed by atoms with van der Waals surface area (Å²) in [4.78, 5) is 16.5. The first-order valence-corrected chi connectivity index (χ1v) is 6.17. The van der Waals surface area contributed by atoms with Crippen LogP contribution in [0.4, 0.5) is 4.39 Å². The van der Waals surface area contributed by atoms with E-state index < -0.39 is 5.97 Å². The highest BCUT2D eigenvalue weighted by Crippen LogP contribution is 2.29. The average Bonchev–Trinajstić information content (AvgIpc) is 2.74. The number of benzene rings is 1. The zero-order valence-electron chi connectivity index (χ0n) is 10.3. The Balaban J connectivity index is 2.45. The number of rotatable bonds is 2. The van der Waals surface area contributed by atoms with Gasteiger partial charge in [0.2, 0.25) is 0 Å². The van der Waals surface area contributed by atoms with Gasteiger partial charge >= 0.3 is 5.97 Å². The van der Waals surface area contributed by atoms with Crippen molar-refractivity contribution in [1.82, 2.24) is 4.98 Å². The highest BCUT2D eigenvalue weighted by molar-refractivity contribution is 7.15. The zero-order valence-corrected chi connectivity index (χ0v) is 11.1. The van der Waals surface area contributed by atoms with Crippen LogP contribution in [0, 0.1) is 19.7 Å². The van der Waals surface area contributed by atoms with E-state index in [1.54, 1.807) is 19.1 Å². The summed E-state index contributed by atoms with van der Waals surface area (Å²) in [5.41, 5.74) is 1.68. The molecule has 0 amide bonds. The molecule has 0 aliphatic rings. The maximum Gasteiger partial charge on any atom is 0.357 e. The van der Waals surface area contributed by atoms with Crippen molar-refractivity contribution in [3.8, 4) is 10.6 Å². The molecule has 0 aliphatic heterocycles. The van der Waals surface area contributed by atoms with E-state index >= 15 is 0 Å². The number of nitrogens with zero attached hydrogens (tertiary/aromatic N) is 1. The van der Waals surface area contributed by atoms with E-state index in [-0.39, 0.29) is 5.82 Å². The van der Waals surface area contributed by atoms with Crippen molar-refractivity contribution in [3.05, 3.63) is 40.2 Å². The Hall–Kier alpha value is -1.75. The molecule has 0 bridgehead atoms. The molecule has 0 fully saturated rings. The Morgan fingerprint density at radius 1 is 1.39 bits per heavy atom. The number of methoxy groups -OCH3 is 1. The van der Waals surface area contributed by atoms with Gasteiger partial charge in [0.25, 0.3) is 0 Å². The second kappa shape index (κ2) is 4.86. The lowest BCUT2D eigenvalue weighted by Crippen LogP contribution is -2.03. The molecule has 1 aromatic carbocycles. The summed E-state index contributed by atoms with van der Waals surface area (Å²) in [7, 11) is 1.32. The number of hydrogen-bond acceptors (Lipinski definition) is 4. The van der Waals surface area contributed by atoms with Crippen LogP contribution in [0.25, 0.3) is 10.6 Å². The van der Waals surface area contributed by atoms with Gasteiger partial charge in [0, 0.05) is 10.4 Å². The molecule has 2 aromatic rings. The predicted octanol–water partition coefficient (Wildman–Crippen LogP) is 3.35. The SMILES string of the molecule is COC(=O)c1nc(-c2ccc(F)c(C)c2)sc1C. The Kier molecular flexibility index (Phi) is 3.43. The zero-order chi connectivity index (χ0) is 13.3. The van der Waals surface area contributed by atoms with Crippen LogP contribution < -0.4 is 0 Å². The van der Waals surface area contributed by atoms with E-state index in [9.17, 15) is 9.18 Å². The largest absolute Gasteiger partial charge is 0.464 e. The summed E-state index contributed by atoms with van der Waals surface area (Å²) in [5, 5.41) is 0.691. The fourth-order valence-corrected chi connectivity index (χ4v) is 2.48. The lowest BCUT2D eigenvalue weighted by molar-refractivity contribution is 0.0594. The Labute approximate surface area is 108 Å². The third-order valence-electron chi connectivity index (χ3n) is 2.58. The minimum absolute atomic E-state index is 0.250. The Morgan fingerprint density at radius 3 is 2.72 bits per heavy atom. The van der Waals surface area contributed by atoms with E-state index in [1.165, 1.54) is 24.5 Å². The molecule has 0 saturated heterocycles. The first-order chi connectivity index (χ1) is 8.52. The summed E-state index contributed by atoms with van der Waals surface area (Å²) in [6.07, 6.45) is 0. The molecule has 3 nitrogen and oxygen atoms in total. The van der Waals surface area contributed by atoms with Crippen LogP contribution in [0.3, 0.4) is 0 Å². The van der Waals surface area contributed by atoms with E-state index in [1.807, 2.05) is 6.92 Å². The predicted molar refractivity (Wildman–Crippen MR) is 68.3 cm³/mol. The summed E-state index contributed by atoms with van der Waals surface area (Å²) in [5.74, 6) is -0.700. The fraction of sp³-hybridized carbons (Fsp3) is 0.231. The second-order valence-electron chi connectivity index (χ2n) is 3.88. The highest BCUT2D eigenvalue weighted by Gasteiger charge is 2.16. The molecular weight excluding hydrogens is 253 g/mol. The Bertz CT molecular complexity index is 607. The van der Waals surface area contributed by atoms with E-state index in [2.05, 4.69) is 9.72 Å². The number of hydrogen-bond donors (Lipinski definition) is 0. The molecule has 1 aromatic heterocycles. The minimum atomic E-state index is -0.450. The summed E-state index contributed by atoms with van der Waals surface area (Å²) >= 11 is 1.39. The smallest absolute Gasteiger partial charge is 0.357 e. The van der Waals surface area contributed by atoms with Gasteiger partial charge in [-0.1, -0.05) is 0 Å².